The molecule has 0 aliphatic carbocycles. The van der Waals surface area contributed by atoms with Gasteiger partial charge >= 0.3 is 0 Å². The molecule has 13 nitrogen and oxygen atoms in total. The zero-order chi connectivity index (χ0) is 38.9. The van der Waals surface area contributed by atoms with Gasteiger partial charge in [-0.25, -0.2) is 29.9 Å². The molecule has 8 heterocycles. The van der Waals surface area contributed by atoms with Gasteiger partial charge in [-0.1, -0.05) is 58.0 Å². The molecule has 13 heteroatoms. The lowest BCUT2D eigenvalue weighted by molar-refractivity contribution is 0.122. The van der Waals surface area contributed by atoms with Crippen molar-refractivity contribution in [1.29, 1.82) is 0 Å². The average molecular weight is 755 g/mol. The van der Waals surface area contributed by atoms with Crippen LogP contribution in [0.3, 0.4) is 0 Å². The largest absolute Gasteiger partial charge is 0.497 e. The van der Waals surface area contributed by atoms with Gasteiger partial charge < -0.3 is 32.8 Å². The molecule has 0 unspecified atom stereocenters. The fraction of sp³-hybridized carbons (Fsp3) is 0.302. The van der Waals surface area contributed by atoms with Gasteiger partial charge in [0.25, 0.3) is 0 Å². The van der Waals surface area contributed by atoms with Crippen LogP contribution in [0.5, 0.6) is 5.75 Å². The van der Waals surface area contributed by atoms with E-state index in [4.69, 9.17) is 43.0 Å². The van der Waals surface area contributed by atoms with E-state index >= 15 is 0 Å². The van der Waals surface area contributed by atoms with Gasteiger partial charge in [0.15, 0.2) is 34.5 Å². The lowest BCUT2D eigenvalue weighted by Crippen LogP contribution is -2.37. The number of aromatic nitrogens is 6. The van der Waals surface area contributed by atoms with E-state index < -0.39 is 0 Å². The molecule has 2 aliphatic heterocycles. The molecule has 0 radical (unpaired) electrons. The van der Waals surface area contributed by atoms with Crippen LogP contribution in [0.15, 0.2) is 100 Å². The standard InChI is InChI=1S/C20H18N4O3.C19H16N4O2.2C2H6/c1-25-14-6-4-13(5-7-14)18-22-16-15-3-2-8-21-20(15)27-17(16)19(23-18)24-9-11-26-12-10-24;1-2-5-13(6-3-1)17-21-15-14-7-4-8-20-19(14)25-16(15)18(22-17)23-9-11-24-12-10-23;2*1-2/h2-8H,9-12H2,1H3;1-8H,9-12H2;2*1-2H3. The molecule has 56 heavy (non-hydrogen) atoms. The van der Waals surface area contributed by atoms with E-state index in [0.29, 0.717) is 60.7 Å². The van der Waals surface area contributed by atoms with Crippen LogP contribution in [0.2, 0.25) is 0 Å². The number of fused-ring (bicyclic) bond motifs is 6. The molecule has 2 aliphatic rings. The zero-order valence-corrected chi connectivity index (χ0v) is 32.4. The molecule has 2 fully saturated rings. The van der Waals surface area contributed by atoms with Crippen molar-refractivity contribution in [1.82, 2.24) is 29.9 Å². The van der Waals surface area contributed by atoms with Crippen LogP contribution in [0.4, 0.5) is 11.6 Å². The summed E-state index contributed by atoms with van der Waals surface area (Å²) >= 11 is 0. The van der Waals surface area contributed by atoms with E-state index in [1.807, 2.05) is 107 Å². The number of rotatable bonds is 5. The minimum Gasteiger partial charge on any atom is -0.497 e. The Morgan fingerprint density at radius 2 is 0.964 bits per heavy atom. The summed E-state index contributed by atoms with van der Waals surface area (Å²) in [6.45, 7) is 13.8. The van der Waals surface area contributed by atoms with Gasteiger partial charge in [0, 0.05) is 49.7 Å². The van der Waals surface area contributed by atoms with E-state index in [1.54, 1.807) is 19.5 Å². The van der Waals surface area contributed by atoms with Crippen molar-refractivity contribution in [2.75, 3.05) is 69.5 Å². The van der Waals surface area contributed by atoms with Gasteiger partial charge in [0.1, 0.15) is 16.8 Å². The summed E-state index contributed by atoms with van der Waals surface area (Å²) < 4.78 is 28.3. The lowest BCUT2D eigenvalue weighted by Gasteiger charge is -2.27. The van der Waals surface area contributed by atoms with Gasteiger partial charge in [0.05, 0.1) is 44.3 Å². The minimum absolute atomic E-state index is 0.572. The highest BCUT2D eigenvalue weighted by molar-refractivity contribution is 6.06. The van der Waals surface area contributed by atoms with Crippen molar-refractivity contribution in [2.45, 2.75) is 27.7 Å². The van der Waals surface area contributed by atoms with Gasteiger partial charge in [-0.15, -0.1) is 0 Å². The summed E-state index contributed by atoms with van der Waals surface area (Å²) in [6, 6.07) is 25.5. The molecule has 0 N–H and O–H groups in total. The van der Waals surface area contributed by atoms with Crippen LogP contribution in [-0.4, -0.2) is 89.6 Å². The molecule has 288 valence electrons. The van der Waals surface area contributed by atoms with Crippen molar-refractivity contribution in [3.05, 3.63) is 91.3 Å². The molecule has 6 aromatic heterocycles. The summed E-state index contributed by atoms with van der Waals surface area (Å²) in [5.41, 5.74) is 6.01. The number of pyridine rings is 2. The number of anilines is 2. The van der Waals surface area contributed by atoms with E-state index in [0.717, 1.165) is 76.5 Å². The maximum atomic E-state index is 6.03. The van der Waals surface area contributed by atoms with Crippen molar-refractivity contribution in [3.8, 4) is 28.5 Å². The number of hydrogen-bond acceptors (Lipinski definition) is 13. The molecule has 0 saturated carbocycles. The number of nitrogens with zero attached hydrogens (tertiary/aromatic N) is 8. The Kier molecular flexibility index (Phi) is 12.2. The quantitative estimate of drug-likeness (QED) is 0.166. The molecule has 2 aromatic carbocycles. The fourth-order valence-electron chi connectivity index (χ4n) is 6.49. The molecule has 0 amide bonds. The zero-order valence-electron chi connectivity index (χ0n) is 32.4. The number of hydrogen-bond donors (Lipinski definition) is 0. The molecule has 10 rings (SSSR count). The Hall–Kier alpha value is -6.18. The summed E-state index contributed by atoms with van der Waals surface area (Å²) in [7, 11) is 1.65. The first-order valence-corrected chi connectivity index (χ1v) is 19.2. The Balaban J connectivity index is 0.000000158. The van der Waals surface area contributed by atoms with Crippen LogP contribution in [-0.2, 0) is 9.47 Å². The summed E-state index contributed by atoms with van der Waals surface area (Å²) in [6.07, 6.45) is 3.45. The predicted molar refractivity (Wildman–Crippen MR) is 220 cm³/mol. The Morgan fingerprint density at radius 1 is 0.518 bits per heavy atom. The normalized spacial score (nSPS) is 14.1. The smallest absolute Gasteiger partial charge is 0.229 e. The van der Waals surface area contributed by atoms with Crippen LogP contribution < -0.4 is 14.5 Å². The number of furan rings is 2. The molecule has 0 bridgehead atoms. The van der Waals surface area contributed by atoms with Crippen molar-refractivity contribution in [2.24, 2.45) is 0 Å². The Labute approximate surface area is 325 Å². The topological polar surface area (TPSA) is 138 Å². The van der Waals surface area contributed by atoms with Crippen LogP contribution in [0.1, 0.15) is 27.7 Å². The second kappa shape index (κ2) is 18.0. The second-order valence-electron chi connectivity index (χ2n) is 12.3. The first-order chi connectivity index (χ1) is 27.7. The summed E-state index contributed by atoms with van der Waals surface area (Å²) in [5.74, 6) is 3.74. The van der Waals surface area contributed by atoms with Crippen molar-refractivity contribution < 1.29 is 23.0 Å². The van der Waals surface area contributed by atoms with Crippen molar-refractivity contribution >= 4 is 56.0 Å². The third kappa shape index (κ3) is 7.81. The maximum Gasteiger partial charge on any atom is 0.229 e. The second-order valence-corrected chi connectivity index (χ2v) is 12.3. The molecular weight excluding hydrogens is 709 g/mol. The Bertz CT molecular complexity index is 2490. The van der Waals surface area contributed by atoms with E-state index in [2.05, 4.69) is 19.8 Å². The SMILES string of the molecule is CC.CC.COc1ccc(-c2nc(N3CCOCC3)c3oc4ncccc4c3n2)cc1.c1ccc(-c2nc(N3CCOCC3)c3oc4ncccc4c3n2)cc1. The minimum atomic E-state index is 0.572. The van der Waals surface area contributed by atoms with Gasteiger partial charge in [-0.05, 0) is 48.5 Å². The van der Waals surface area contributed by atoms with Crippen LogP contribution in [0.25, 0.3) is 67.2 Å². The summed E-state index contributed by atoms with van der Waals surface area (Å²) in [4.78, 5) is 32.3. The highest BCUT2D eigenvalue weighted by atomic mass is 16.5. The third-order valence-corrected chi connectivity index (χ3v) is 9.15. The summed E-state index contributed by atoms with van der Waals surface area (Å²) in [5, 5.41) is 1.80. The van der Waals surface area contributed by atoms with Crippen LogP contribution in [0, 0.1) is 0 Å². The monoisotopic (exact) mass is 754 g/mol. The van der Waals surface area contributed by atoms with Gasteiger partial charge in [-0.2, -0.15) is 0 Å². The highest BCUT2D eigenvalue weighted by Crippen LogP contribution is 2.36. The van der Waals surface area contributed by atoms with Gasteiger partial charge in [-0.3, -0.25) is 0 Å². The van der Waals surface area contributed by atoms with Gasteiger partial charge in [0.2, 0.25) is 11.4 Å². The van der Waals surface area contributed by atoms with E-state index in [9.17, 15) is 0 Å². The van der Waals surface area contributed by atoms with E-state index in [1.165, 1.54) is 0 Å². The molecule has 2 saturated heterocycles. The highest BCUT2D eigenvalue weighted by Gasteiger charge is 2.24. The first kappa shape index (κ1) is 38.1. The fourth-order valence-corrected chi connectivity index (χ4v) is 6.49. The Morgan fingerprint density at radius 3 is 1.41 bits per heavy atom. The molecule has 0 atom stereocenters. The van der Waals surface area contributed by atoms with E-state index in [-0.39, 0.29) is 0 Å². The first-order valence-electron chi connectivity index (χ1n) is 19.2. The molecule has 8 aromatic rings. The van der Waals surface area contributed by atoms with Crippen LogP contribution >= 0.6 is 0 Å². The molecular formula is C43H46N8O5. The number of methoxy groups -OCH3 is 1. The molecule has 0 spiro atoms. The third-order valence-electron chi connectivity index (χ3n) is 9.15. The maximum absolute atomic E-state index is 6.03. The van der Waals surface area contributed by atoms with Crippen molar-refractivity contribution in [3.63, 3.8) is 0 Å². The number of benzene rings is 2. The number of ether oxygens (including phenoxy) is 3. The average Bonchev–Trinajstić information content (AvgIpc) is 3.87. The predicted octanol–water partition coefficient (Wildman–Crippen LogP) is 8.61. The lowest BCUT2D eigenvalue weighted by atomic mass is 10.2. The number of morpholine rings is 2.